The molecule has 2 aromatic rings. The summed E-state index contributed by atoms with van der Waals surface area (Å²) in [7, 11) is 7.17. The van der Waals surface area contributed by atoms with Crippen molar-refractivity contribution in [3.8, 4) is 11.1 Å². The molecule has 0 saturated carbocycles. The molecule has 0 heterocycles. The third kappa shape index (κ3) is 4.57. The van der Waals surface area contributed by atoms with Crippen molar-refractivity contribution in [1.29, 1.82) is 0 Å². The molecule has 1 amide bonds. The van der Waals surface area contributed by atoms with Gasteiger partial charge in [0.05, 0.1) is 6.04 Å². The maximum Gasteiger partial charge on any atom is 0.254 e. The topological polar surface area (TPSA) is 88.7 Å². The molecule has 2 rings (SSSR count). The molecule has 0 bridgehead atoms. The lowest BCUT2D eigenvalue weighted by Crippen LogP contribution is -2.54. The summed E-state index contributed by atoms with van der Waals surface area (Å²) in [5.74, 6) is -0.119. The van der Waals surface area contributed by atoms with Crippen molar-refractivity contribution in [1.82, 2.24) is 15.7 Å². The van der Waals surface area contributed by atoms with E-state index in [2.05, 4.69) is 21.4 Å². The van der Waals surface area contributed by atoms with Crippen LogP contribution in [-0.2, 0) is 0 Å². The van der Waals surface area contributed by atoms with E-state index in [1.807, 2.05) is 63.5 Å². The van der Waals surface area contributed by atoms with Gasteiger partial charge in [0.1, 0.15) is 6.17 Å². The molecule has 2 aromatic carbocycles. The van der Waals surface area contributed by atoms with Crippen LogP contribution in [0.2, 0.25) is 0 Å². The van der Waals surface area contributed by atoms with Crippen molar-refractivity contribution in [2.45, 2.75) is 19.1 Å². The summed E-state index contributed by atoms with van der Waals surface area (Å²) < 4.78 is 0. The summed E-state index contributed by atoms with van der Waals surface area (Å²) in [4.78, 5) is 14.5. The Bertz CT molecular complexity index is 759. The van der Waals surface area contributed by atoms with Crippen LogP contribution in [0.15, 0.2) is 42.5 Å². The maximum absolute atomic E-state index is 12.9. The Morgan fingerprint density at radius 2 is 1.70 bits per heavy atom. The van der Waals surface area contributed by atoms with Crippen LogP contribution < -0.4 is 21.4 Å². The highest BCUT2D eigenvalue weighted by Gasteiger charge is 2.24. The number of nitrogens with one attached hydrogen (secondary N) is 4. The van der Waals surface area contributed by atoms with E-state index in [0.29, 0.717) is 5.56 Å². The number of hydroxylamine groups is 1. The first-order valence-corrected chi connectivity index (χ1v) is 8.90. The first kappa shape index (κ1) is 20.7. The van der Waals surface area contributed by atoms with Gasteiger partial charge in [-0.25, -0.2) is 0 Å². The SMILES string of the molecule is CNc1ccc(-c2ccc(C(=O)N(C)C(C)C(NC)NO)cc2NC)cc1. The Morgan fingerprint density at radius 1 is 1.04 bits per heavy atom. The second kappa shape index (κ2) is 9.36. The lowest BCUT2D eigenvalue weighted by atomic mass is 10.0. The van der Waals surface area contributed by atoms with E-state index in [9.17, 15) is 10.0 Å². The summed E-state index contributed by atoms with van der Waals surface area (Å²) in [6, 6.07) is 13.5. The molecule has 0 aliphatic rings. The van der Waals surface area contributed by atoms with Crippen LogP contribution >= 0.6 is 0 Å². The standard InChI is InChI=1S/C20H29N5O2/c1-13(19(23-4)24-27)25(5)20(26)15-8-11-17(18(12-15)22-3)14-6-9-16(21-2)10-7-14/h6-13,19,21-24,27H,1-5H3. The maximum atomic E-state index is 12.9. The summed E-state index contributed by atoms with van der Waals surface area (Å²) in [5.41, 5.74) is 6.78. The minimum atomic E-state index is -0.423. The molecule has 146 valence electrons. The molecule has 7 nitrogen and oxygen atoms in total. The van der Waals surface area contributed by atoms with E-state index in [4.69, 9.17) is 0 Å². The summed E-state index contributed by atoms with van der Waals surface area (Å²) in [5, 5.41) is 18.4. The predicted octanol–water partition coefficient (Wildman–Crippen LogP) is 2.42. The Morgan fingerprint density at radius 3 is 2.22 bits per heavy atom. The largest absolute Gasteiger partial charge is 0.388 e. The van der Waals surface area contributed by atoms with Crippen LogP contribution in [0.1, 0.15) is 17.3 Å². The smallest absolute Gasteiger partial charge is 0.254 e. The van der Waals surface area contributed by atoms with Crippen molar-refractivity contribution in [3.63, 3.8) is 0 Å². The number of nitrogens with zero attached hydrogens (tertiary/aromatic N) is 1. The Hall–Kier alpha value is -2.61. The first-order chi connectivity index (χ1) is 13.0. The zero-order chi connectivity index (χ0) is 20.0. The second-order valence-electron chi connectivity index (χ2n) is 6.39. The average Bonchev–Trinajstić information content (AvgIpc) is 2.73. The van der Waals surface area contributed by atoms with Gasteiger partial charge in [-0.2, -0.15) is 5.48 Å². The highest BCUT2D eigenvalue weighted by molar-refractivity contribution is 5.97. The zero-order valence-corrected chi connectivity index (χ0v) is 16.5. The third-order valence-corrected chi connectivity index (χ3v) is 4.88. The Balaban J connectivity index is 2.30. The van der Waals surface area contributed by atoms with E-state index in [0.717, 1.165) is 22.5 Å². The van der Waals surface area contributed by atoms with Gasteiger partial charge in [0.15, 0.2) is 0 Å². The number of rotatable bonds is 8. The molecule has 2 atom stereocenters. The predicted molar refractivity (Wildman–Crippen MR) is 110 cm³/mol. The molecular weight excluding hydrogens is 342 g/mol. The van der Waals surface area contributed by atoms with E-state index in [1.54, 1.807) is 19.0 Å². The van der Waals surface area contributed by atoms with Gasteiger partial charge < -0.3 is 26.1 Å². The van der Waals surface area contributed by atoms with Crippen LogP contribution in [0.4, 0.5) is 11.4 Å². The van der Waals surface area contributed by atoms with Gasteiger partial charge in [-0.15, -0.1) is 0 Å². The van der Waals surface area contributed by atoms with Crippen molar-refractivity contribution < 1.29 is 10.0 Å². The van der Waals surface area contributed by atoms with Crippen molar-refractivity contribution in [3.05, 3.63) is 48.0 Å². The molecule has 0 spiro atoms. The number of carbonyl (C=O) groups is 1. The van der Waals surface area contributed by atoms with Crippen molar-refractivity contribution >= 4 is 17.3 Å². The summed E-state index contributed by atoms with van der Waals surface area (Å²) in [6.45, 7) is 1.86. The van der Waals surface area contributed by atoms with Gasteiger partial charge in [-0.3, -0.25) is 4.79 Å². The third-order valence-electron chi connectivity index (χ3n) is 4.88. The summed E-state index contributed by atoms with van der Waals surface area (Å²) in [6.07, 6.45) is -0.423. The normalized spacial score (nSPS) is 13.0. The molecule has 0 radical (unpaired) electrons. The molecule has 2 unspecified atom stereocenters. The second-order valence-corrected chi connectivity index (χ2v) is 6.39. The fourth-order valence-corrected chi connectivity index (χ4v) is 2.98. The molecule has 0 aliphatic carbocycles. The van der Waals surface area contributed by atoms with Crippen molar-refractivity contribution in [2.75, 3.05) is 38.8 Å². The molecule has 5 N–H and O–H groups in total. The zero-order valence-electron chi connectivity index (χ0n) is 16.5. The van der Waals surface area contributed by atoms with E-state index < -0.39 is 6.17 Å². The van der Waals surface area contributed by atoms with Gasteiger partial charge >= 0.3 is 0 Å². The molecular formula is C20H29N5O2. The van der Waals surface area contributed by atoms with Crippen LogP contribution in [-0.4, -0.2) is 56.4 Å². The van der Waals surface area contributed by atoms with Crippen LogP contribution in [0.25, 0.3) is 11.1 Å². The summed E-state index contributed by atoms with van der Waals surface area (Å²) >= 11 is 0. The number of benzene rings is 2. The van der Waals surface area contributed by atoms with Gasteiger partial charge in [-0.1, -0.05) is 18.2 Å². The fraction of sp³-hybridized carbons (Fsp3) is 0.350. The Kier molecular flexibility index (Phi) is 7.18. The van der Waals surface area contributed by atoms with Crippen LogP contribution in [0.5, 0.6) is 0 Å². The van der Waals surface area contributed by atoms with Crippen LogP contribution in [0.3, 0.4) is 0 Å². The van der Waals surface area contributed by atoms with E-state index in [-0.39, 0.29) is 11.9 Å². The molecule has 0 fully saturated rings. The van der Waals surface area contributed by atoms with Gasteiger partial charge in [0, 0.05) is 43.6 Å². The lowest BCUT2D eigenvalue weighted by molar-refractivity contribution is 0.0493. The lowest BCUT2D eigenvalue weighted by Gasteiger charge is -2.31. The number of hydrogen-bond acceptors (Lipinski definition) is 6. The Labute approximate surface area is 160 Å². The number of amides is 1. The minimum Gasteiger partial charge on any atom is -0.388 e. The number of anilines is 2. The van der Waals surface area contributed by atoms with E-state index in [1.165, 1.54) is 0 Å². The quantitative estimate of drug-likeness (QED) is 0.362. The van der Waals surface area contributed by atoms with Gasteiger partial charge in [0.25, 0.3) is 5.91 Å². The molecule has 0 saturated heterocycles. The van der Waals surface area contributed by atoms with Crippen LogP contribution in [0, 0.1) is 0 Å². The fourth-order valence-electron chi connectivity index (χ4n) is 2.98. The molecule has 0 aliphatic heterocycles. The minimum absolute atomic E-state index is 0.119. The monoisotopic (exact) mass is 371 g/mol. The number of carbonyl (C=O) groups excluding carboxylic acids is 1. The van der Waals surface area contributed by atoms with Gasteiger partial charge in [0.2, 0.25) is 0 Å². The molecule has 27 heavy (non-hydrogen) atoms. The van der Waals surface area contributed by atoms with Crippen molar-refractivity contribution in [2.24, 2.45) is 0 Å². The average molecular weight is 371 g/mol. The first-order valence-electron chi connectivity index (χ1n) is 8.90. The van der Waals surface area contributed by atoms with E-state index >= 15 is 0 Å². The number of hydrogen-bond donors (Lipinski definition) is 5. The van der Waals surface area contributed by atoms with Gasteiger partial charge in [-0.05, 0) is 43.8 Å². The molecule has 7 heteroatoms. The highest BCUT2D eigenvalue weighted by Crippen LogP contribution is 2.30. The molecule has 0 aromatic heterocycles. The number of likely N-dealkylation sites (N-methyl/N-ethyl adjacent to an activating group) is 2. The highest BCUT2D eigenvalue weighted by atomic mass is 16.5.